The molecule has 0 rings (SSSR count). The van der Waals surface area contributed by atoms with Crippen molar-refractivity contribution in [2.45, 2.75) is 124 Å². The van der Waals surface area contributed by atoms with Crippen molar-refractivity contribution in [2.24, 2.45) is 0 Å². The molecule has 0 fully saturated rings. The van der Waals surface area contributed by atoms with Crippen LogP contribution < -0.4 is 0 Å². The average Bonchev–Trinajstić information content (AvgIpc) is 2.65. The van der Waals surface area contributed by atoms with Crippen molar-refractivity contribution in [3.63, 3.8) is 0 Å². The first kappa shape index (κ1) is 27.3. The summed E-state index contributed by atoms with van der Waals surface area (Å²) in [5.41, 5.74) is 0. The van der Waals surface area contributed by atoms with Crippen molar-refractivity contribution < 1.29 is 13.3 Å². The second-order valence-electron chi connectivity index (χ2n) is 7.68. The maximum Gasteiger partial charge on any atom is 0.462 e. The van der Waals surface area contributed by atoms with Crippen LogP contribution in [0.4, 0.5) is 0 Å². The second kappa shape index (κ2) is 21.0. The van der Waals surface area contributed by atoms with E-state index >= 15 is 0 Å². The minimum atomic E-state index is -2.26. The summed E-state index contributed by atoms with van der Waals surface area (Å²) in [6.45, 7) is 10.6. The van der Waals surface area contributed by atoms with Crippen LogP contribution in [-0.2, 0) is 13.3 Å². The fourth-order valence-corrected chi connectivity index (χ4v) is 11.9. The van der Waals surface area contributed by atoms with E-state index in [1.54, 1.807) is 0 Å². The highest BCUT2D eigenvalue weighted by molar-refractivity contribution is 7.14. The SMILES string of the molecule is CCCCCCCCCCCCCCCC[SiH2][Si](OCC)(OCC)OCC. The van der Waals surface area contributed by atoms with E-state index in [1.165, 1.54) is 95.9 Å². The Labute approximate surface area is 174 Å². The van der Waals surface area contributed by atoms with Crippen LogP contribution in [0.1, 0.15) is 118 Å². The molecule has 0 aliphatic carbocycles. The molecule has 0 bridgehead atoms. The molecule has 0 atom stereocenters. The molecule has 27 heavy (non-hydrogen) atoms. The Morgan fingerprint density at radius 1 is 0.481 bits per heavy atom. The standard InChI is InChI=1S/C22H50O3Si2/c1-5-9-10-11-12-13-14-15-16-17-18-19-20-21-22-26-27(23-6-2,24-7-3)25-8-4/h5-22,26H2,1-4H3. The van der Waals surface area contributed by atoms with Gasteiger partial charge >= 0.3 is 8.32 Å². The lowest BCUT2D eigenvalue weighted by Crippen LogP contribution is -2.52. The average molecular weight is 419 g/mol. The van der Waals surface area contributed by atoms with E-state index < -0.39 is 17.4 Å². The van der Waals surface area contributed by atoms with Gasteiger partial charge in [-0.05, 0) is 20.8 Å². The van der Waals surface area contributed by atoms with Gasteiger partial charge in [0.2, 0.25) is 0 Å². The van der Waals surface area contributed by atoms with E-state index in [0.717, 1.165) is 19.8 Å². The summed E-state index contributed by atoms with van der Waals surface area (Å²) in [5.74, 6) is 0. The van der Waals surface area contributed by atoms with Gasteiger partial charge in [0.05, 0.1) is 0 Å². The summed E-state index contributed by atoms with van der Waals surface area (Å²) < 4.78 is 18.0. The van der Waals surface area contributed by atoms with E-state index in [0.29, 0.717) is 0 Å². The van der Waals surface area contributed by atoms with Crippen LogP contribution in [0.2, 0.25) is 6.04 Å². The molecule has 0 spiro atoms. The molecule has 0 saturated carbocycles. The van der Waals surface area contributed by atoms with Gasteiger partial charge in [0.25, 0.3) is 0 Å². The van der Waals surface area contributed by atoms with Gasteiger partial charge in [-0.2, -0.15) is 0 Å². The quantitative estimate of drug-likeness (QED) is 0.146. The van der Waals surface area contributed by atoms with Gasteiger partial charge < -0.3 is 13.3 Å². The lowest BCUT2D eigenvalue weighted by Gasteiger charge is -2.28. The van der Waals surface area contributed by atoms with E-state index in [-0.39, 0.29) is 0 Å². The minimum absolute atomic E-state index is 0.404. The number of rotatable bonds is 22. The molecule has 0 saturated heterocycles. The summed E-state index contributed by atoms with van der Waals surface area (Å²) in [7, 11) is -2.67. The van der Waals surface area contributed by atoms with Crippen molar-refractivity contribution in [1.82, 2.24) is 0 Å². The summed E-state index contributed by atoms with van der Waals surface area (Å²) in [6, 6.07) is 1.31. The molecule has 0 aromatic heterocycles. The van der Waals surface area contributed by atoms with Crippen molar-refractivity contribution in [3.8, 4) is 0 Å². The van der Waals surface area contributed by atoms with E-state index in [4.69, 9.17) is 13.3 Å². The van der Waals surface area contributed by atoms with Crippen LogP contribution in [0.15, 0.2) is 0 Å². The largest absolute Gasteiger partial charge is 0.462 e. The smallest absolute Gasteiger partial charge is 0.377 e. The number of hydrogen-bond donors (Lipinski definition) is 0. The molecule has 0 radical (unpaired) electrons. The zero-order valence-electron chi connectivity index (χ0n) is 19.2. The molecule has 0 N–H and O–H groups in total. The lowest BCUT2D eigenvalue weighted by atomic mass is 10.0. The van der Waals surface area contributed by atoms with Crippen LogP contribution >= 0.6 is 0 Å². The summed E-state index contributed by atoms with van der Waals surface area (Å²) in [5, 5.41) is 0. The van der Waals surface area contributed by atoms with E-state index in [2.05, 4.69) is 27.7 Å². The molecule has 0 amide bonds. The molecule has 0 aliphatic heterocycles. The summed E-state index contributed by atoms with van der Waals surface area (Å²) in [4.78, 5) is 0. The Balaban J connectivity index is 3.49. The highest BCUT2D eigenvalue weighted by Gasteiger charge is 2.38. The van der Waals surface area contributed by atoms with Gasteiger partial charge in [0.1, 0.15) is 9.04 Å². The number of hydrogen-bond acceptors (Lipinski definition) is 3. The first-order chi connectivity index (χ1) is 13.2. The summed E-state index contributed by atoms with van der Waals surface area (Å²) >= 11 is 0. The Morgan fingerprint density at radius 2 is 0.815 bits per heavy atom. The van der Waals surface area contributed by atoms with Crippen LogP contribution in [0, 0.1) is 0 Å². The minimum Gasteiger partial charge on any atom is -0.377 e. The predicted molar refractivity (Wildman–Crippen MR) is 124 cm³/mol. The Bertz CT molecular complexity index is 274. The summed E-state index contributed by atoms with van der Waals surface area (Å²) in [6.07, 6.45) is 19.9. The van der Waals surface area contributed by atoms with Crippen LogP contribution in [-0.4, -0.2) is 37.2 Å². The third-order valence-corrected chi connectivity index (χ3v) is 13.6. The van der Waals surface area contributed by atoms with Crippen molar-refractivity contribution >= 4 is 17.4 Å². The van der Waals surface area contributed by atoms with Crippen LogP contribution in [0.25, 0.3) is 0 Å². The van der Waals surface area contributed by atoms with Crippen molar-refractivity contribution in [3.05, 3.63) is 0 Å². The molecule has 0 aromatic carbocycles. The molecular weight excluding hydrogens is 368 g/mol. The molecule has 164 valence electrons. The lowest BCUT2D eigenvalue weighted by molar-refractivity contribution is 0.0928. The number of unbranched alkanes of at least 4 members (excludes halogenated alkanes) is 13. The normalized spacial score (nSPS) is 12.4. The Kier molecular flexibility index (Phi) is 21.3. The third-order valence-electron chi connectivity index (χ3n) is 5.18. The highest BCUT2D eigenvalue weighted by Crippen LogP contribution is 2.15. The molecule has 0 aromatic rings. The second-order valence-corrected chi connectivity index (χ2v) is 15.2. The molecule has 3 nitrogen and oxygen atoms in total. The predicted octanol–water partition coefficient (Wildman–Crippen LogP) is 6.60. The van der Waals surface area contributed by atoms with Gasteiger partial charge in [0, 0.05) is 19.8 Å². The first-order valence-electron chi connectivity index (χ1n) is 12.2. The van der Waals surface area contributed by atoms with Crippen LogP contribution in [0.5, 0.6) is 0 Å². The third kappa shape index (κ3) is 16.9. The molecule has 0 aliphatic rings. The van der Waals surface area contributed by atoms with Gasteiger partial charge in [-0.1, -0.05) is 103 Å². The maximum atomic E-state index is 5.99. The zero-order chi connectivity index (χ0) is 20.1. The van der Waals surface area contributed by atoms with Gasteiger partial charge in [0.15, 0.2) is 0 Å². The molecule has 5 heteroatoms. The Hall–Kier alpha value is 0.314. The fraction of sp³-hybridized carbons (Fsp3) is 1.00. The molecular formula is C22H50O3Si2. The fourth-order valence-electron chi connectivity index (χ4n) is 3.71. The highest BCUT2D eigenvalue weighted by atomic mass is 29.2. The Morgan fingerprint density at radius 3 is 1.15 bits per heavy atom. The molecule has 0 heterocycles. The van der Waals surface area contributed by atoms with Gasteiger partial charge in [-0.3, -0.25) is 0 Å². The van der Waals surface area contributed by atoms with E-state index in [9.17, 15) is 0 Å². The first-order valence-corrected chi connectivity index (χ1v) is 17.2. The molecule has 0 unspecified atom stereocenters. The zero-order valence-corrected chi connectivity index (χ0v) is 21.6. The van der Waals surface area contributed by atoms with Gasteiger partial charge in [-0.15, -0.1) is 0 Å². The topological polar surface area (TPSA) is 27.7 Å². The maximum absolute atomic E-state index is 5.99. The van der Waals surface area contributed by atoms with Crippen molar-refractivity contribution in [2.75, 3.05) is 19.8 Å². The van der Waals surface area contributed by atoms with Gasteiger partial charge in [-0.25, -0.2) is 0 Å². The monoisotopic (exact) mass is 418 g/mol. The van der Waals surface area contributed by atoms with Crippen LogP contribution in [0.3, 0.4) is 0 Å². The van der Waals surface area contributed by atoms with E-state index in [1.807, 2.05) is 0 Å². The van der Waals surface area contributed by atoms with Crippen molar-refractivity contribution in [1.29, 1.82) is 0 Å².